The molecule has 2 aliphatic rings. The van der Waals surface area contributed by atoms with Crippen LogP contribution < -0.4 is 10.9 Å². The summed E-state index contributed by atoms with van der Waals surface area (Å²) in [5, 5.41) is 8.54. The molecule has 5 nitrogen and oxygen atoms in total. The summed E-state index contributed by atoms with van der Waals surface area (Å²) < 4.78 is 1.56. The molecule has 2 N–H and O–H groups in total. The molecule has 6 heteroatoms. The number of nitrogens with one attached hydrogen (secondary N) is 2. The number of allylic oxidation sites excluding steroid dienone is 2. The van der Waals surface area contributed by atoms with Gasteiger partial charge < -0.3 is 5.32 Å². The Labute approximate surface area is 154 Å². The molecule has 3 aromatic rings. The van der Waals surface area contributed by atoms with Crippen molar-refractivity contribution in [3.63, 3.8) is 0 Å². The largest absolute Gasteiger partial charge is 0.343 e. The molecule has 1 atom stereocenters. The molecule has 0 radical (unpaired) electrons. The number of fused-ring (bicyclic) bond motifs is 1. The Morgan fingerprint density at radius 1 is 1.04 bits per heavy atom. The van der Waals surface area contributed by atoms with Crippen molar-refractivity contribution in [1.29, 1.82) is 0 Å². The standard InChI is InChI=1S/C20H17N3O2S/c24-14-9-4-8-13-16(14)17(15-10-5-11-26-15)18-19(21-13)22-23(20(18)25)12-6-2-1-3-7-12/h1-3,5-7,10-11,17,21-22H,4,8-9H2. The summed E-state index contributed by atoms with van der Waals surface area (Å²) in [4.78, 5) is 27.0. The lowest BCUT2D eigenvalue weighted by atomic mass is 9.79. The summed E-state index contributed by atoms with van der Waals surface area (Å²) in [6.07, 6.45) is 2.23. The van der Waals surface area contributed by atoms with Crippen molar-refractivity contribution in [2.75, 3.05) is 5.32 Å². The van der Waals surface area contributed by atoms with Gasteiger partial charge in [-0.1, -0.05) is 24.3 Å². The van der Waals surface area contributed by atoms with Crippen LogP contribution in [0.25, 0.3) is 5.69 Å². The molecule has 0 spiro atoms. The normalized spacial score (nSPS) is 19.1. The molecule has 130 valence electrons. The molecular formula is C20H17N3O2S. The molecule has 0 saturated carbocycles. The third-order valence-electron chi connectivity index (χ3n) is 5.08. The second-order valence-electron chi connectivity index (χ2n) is 6.62. The predicted molar refractivity (Wildman–Crippen MR) is 102 cm³/mol. The lowest BCUT2D eigenvalue weighted by molar-refractivity contribution is -0.116. The first kappa shape index (κ1) is 15.4. The molecule has 1 unspecified atom stereocenters. The molecule has 5 rings (SSSR count). The van der Waals surface area contributed by atoms with Crippen LogP contribution in [0.3, 0.4) is 0 Å². The fraction of sp³-hybridized carbons (Fsp3) is 0.200. The number of anilines is 1. The monoisotopic (exact) mass is 363 g/mol. The van der Waals surface area contributed by atoms with Crippen molar-refractivity contribution >= 4 is 22.9 Å². The summed E-state index contributed by atoms with van der Waals surface area (Å²) in [6, 6.07) is 13.5. The number of H-pyrrole nitrogens is 1. The summed E-state index contributed by atoms with van der Waals surface area (Å²) in [5.41, 5.74) is 3.02. The van der Waals surface area contributed by atoms with Crippen LogP contribution in [0.15, 0.2) is 63.9 Å². The van der Waals surface area contributed by atoms with Gasteiger partial charge in [0.05, 0.1) is 17.2 Å². The lowest BCUT2D eigenvalue weighted by Gasteiger charge is -2.30. The number of hydrogen-bond donors (Lipinski definition) is 2. The number of hydrogen-bond acceptors (Lipinski definition) is 4. The van der Waals surface area contributed by atoms with Crippen LogP contribution in [0, 0.1) is 0 Å². The van der Waals surface area contributed by atoms with Gasteiger partial charge in [0.15, 0.2) is 5.78 Å². The van der Waals surface area contributed by atoms with Crippen molar-refractivity contribution in [2.45, 2.75) is 25.2 Å². The van der Waals surface area contributed by atoms with Gasteiger partial charge in [-0.25, -0.2) is 4.68 Å². The summed E-state index contributed by atoms with van der Waals surface area (Å²) in [6.45, 7) is 0. The molecule has 26 heavy (non-hydrogen) atoms. The maximum absolute atomic E-state index is 13.3. The molecule has 0 saturated heterocycles. The van der Waals surface area contributed by atoms with E-state index in [0.717, 1.165) is 34.7 Å². The van der Waals surface area contributed by atoms with Gasteiger partial charge in [-0.3, -0.25) is 14.7 Å². The Morgan fingerprint density at radius 2 is 1.88 bits per heavy atom. The van der Waals surface area contributed by atoms with E-state index in [1.165, 1.54) is 0 Å². The van der Waals surface area contributed by atoms with Gasteiger partial charge in [0.2, 0.25) is 0 Å². The van der Waals surface area contributed by atoms with Crippen LogP contribution in [0.4, 0.5) is 5.82 Å². The van der Waals surface area contributed by atoms with Crippen LogP contribution in [0.2, 0.25) is 0 Å². The Morgan fingerprint density at radius 3 is 2.65 bits per heavy atom. The number of thiophene rings is 1. The first-order valence-electron chi connectivity index (χ1n) is 8.71. The lowest BCUT2D eigenvalue weighted by Crippen LogP contribution is -2.29. The molecular weight excluding hydrogens is 346 g/mol. The third-order valence-corrected chi connectivity index (χ3v) is 6.02. The number of ketones is 1. The first-order chi connectivity index (χ1) is 12.7. The van der Waals surface area contributed by atoms with Gasteiger partial charge >= 0.3 is 0 Å². The molecule has 2 aromatic heterocycles. The van der Waals surface area contributed by atoms with Crippen molar-refractivity contribution in [1.82, 2.24) is 9.78 Å². The van der Waals surface area contributed by atoms with E-state index in [2.05, 4.69) is 10.4 Å². The van der Waals surface area contributed by atoms with Gasteiger partial charge in [-0.2, -0.15) is 0 Å². The van der Waals surface area contributed by atoms with Crippen molar-refractivity contribution < 1.29 is 4.79 Å². The molecule has 1 aliphatic heterocycles. The summed E-state index contributed by atoms with van der Waals surface area (Å²) >= 11 is 1.59. The first-order valence-corrected chi connectivity index (χ1v) is 9.59. The van der Waals surface area contributed by atoms with Gasteiger partial charge in [0, 0.05) is 22.6 Å². The number of carbonyl (C=O) groups is 1. The number of aromatic amines is 1. The van der Waals surface area contributed by atoms with E-state index in [1.807, 2.05) is 47.8 Å². The van der Waals surface area contributed by atoms with Crippen LogP contribution in [-0.4, -0.2) is 15.6 Å². The Bertz CT molecular complexity index is 1070. The Kier molecular flexibility index (Phi) is 3.46. The van der Waals surface area contributed by atoms with E-state index in [4.69, 9.17) is 0 Å². The average molecular weight is 363 g/mol. The van der Waals surface area contributed by atoms with Gasteiger partial charge in [0.25, 0.3) is 5.56 Å². The zero-order valence-corrected chi connectivity index (χ0v) is 14.8. The van der Waals surface area contributed by atoms with Gasteiger partial charge in [-0.15, -0.1) is 11.3 Å². The number of carbonyl (C=O) groups excluding carboxylic acids is 1. The number of aromatic nitrogens is 2. The third kappa shape index (κ3) is 2.22. The molecule has 3 heterocycles. The number of para-hydroxylation sites is 1. The number of Topliss-reactive ketones (excluding diaryl/α,β-unsaturated/α-hetero) is 1. The highest BCUT2D eigenvalue weighted by molar-refractivity contribution is 7.10. The highest BCUT2D eigenvalue weighted by Crippen LogP contribution is 2.44. The Hall–Kier alpha value is -2.86. The maximum Gasteiger partial charge on any atom is 0.277 e. The Balaban J connectivity index is 1.75. The average Bonchev–Trinajstić information content (AvgIpc) is 3.30. The fourth-order valence-corrected chi connectivity index (χ4v) is 4.78. The van der Waals surface area contributed by atoms with Crippen molar-refractivity contribution in [2.24, 2.45) is 0 Å². The zero-order chi connectivity index (χ0) is 17.7. The van der Waals surface area contributed by atoms with E-state index in [1.54, 1.807) is 16.0 Å². The highest BCUT2D eigenvalue weighted by Gasteiger charge is 2.39. The summed E-state index contributed by atoms with van der Waals surface area (Å²) in [5.74, 6) is 0.558. The second kappa shape index (κ2) is 5.85. The molecule has 1 aromatic carbocycles. The van der Waals surface area contributed by atoms with Gasteiger partial charge in [-0.05, 0) is 36.4 Å². The molecule has 0 fully saturated rings. The number of rotatable bonds is 2. The SMILES string of the molecule is O=C1CCCC2=C1C(c1cccs1)c1c([nH]n(-c3ccccc3)c1=O)N2. The van der Waals surface area contributed by atoms with E-state index in [9.17, 15) is 9.59 Å². The smallest absolute Gasteiger partial charge is 0.277 e. The second-order valence-corrected chi connectivity index (χ2v) is 7.60. The topological polar surface area (TPSA) is 66.9 Å². The van der Waals surface area contributed by atoms with E-state index in [-0.39, 0.29) is 17.3 Å². The van der Waals surface area contributed by atoms with Crippen LogP contribution in [0.5, 0.6) is 0 Å². The summed E-state index contributed by atoms with van der Waals surface area (Å²) in [7, 11) is 0. The van der Waals surface area contributed by atoms with Crippen LogP contribution in [0.1, 0.15) is 35.6 Å². The molecule has 0 bridgehead atoms. The maximum atomic E-state index is 13.3. The highest BCUT2D eigenvalue weighted by atomic mass is 32.1. The van der Waals surface area contributed by atoms with Crippen LogP contribution in [-0.2, 0) is 4.79 Å². The molecule has 1 aliphatic carbocycles. The van der Waals surface area contributed by atoms with Crippen molar-refractivity contribution in [3.05, 3.63) is 79.9 Å². The van der Waals surface area contributed by atoms with E-state index >= 15 is 0 Å². The number of nitrogens with zero attached hydrogens (tertiary/aromatic N) is 1. The molecule has 0 amide bonds. The predicted octanol–water partition coefficient (Wildman–Crippen LogP) is 3.79. The minimum absolute atomic E-state index is 0.109. The number of benzene rings is 1. The van der Waals surface area contributed by atoms with E-state index in [0.29, 0.717) is 17.8 Å². The van der Waals surface area contributed by atoms with E-state index < -0.39 is 0 Å². The fourth-order valence-electron chi connectivity index (χ4n) is 3.94. The van der Waals surface area contributed by atoms with Crippen molar-refractivity contribution in [3.8, 4) is 5.69 Å². The minimum Gasteiger partial charge on any atom is -0.343 e. The van der Waals surface area contributed by atoms with Crippen LogP contribution >= 0.6 is 11.3 Å². The van der Waals surface area contributed by atoms with Gasteiger partial charge in [0.1, 0.15) is 5.82 Å². The zero-order valence-electron chi connectivity index (χ0n) is 14.0. The minimum atomic E-state index is -0.289. The quantitative estimate of drug-likeness (QED) is 0.728.